The standard InChI is InChI=1S/C9H6Cl2F4O/c10-8(11)7(16)6-4(9(13,14)15)2-1-3-5(6)12/h1-3,7-8,16H. The maximum absolute atomic E-state index is 13.2. The summed E-state index contributed by atoms with van der Waals surface area (Å²) in [6, 6.07) is 2.34. The Morgan fingerprint density at radius 1 is 1.19 bits per heavy atom. The fourth-order valence-electron chi connectivity index (χ4n) is 1.21. The van der Waals surface area contributed by atoms with E-state index < -0.39 is 34.1 Å². The van der Waals surface area contributed by atoms with Crippen LogP contribution in [-0.4, -0.2) is 9.94 Å². The average Bonchev–Trinajstić information content (AvgIpc) is 2.14. The molecule has 1 aromatic rings. The molecule has 0 amide bonds. The molecule has 1 aromatic carbocycles. The van der Waals surface area contributed by atoms with E-state index in [2.05, 4.69) is 0 Å². The van der Waals surface area contributed by atoms with Crippen LogP contribution in [0.25, 0.3) is 0 Å². The minimum absolute atomic E-state index is 0.651. The van der Waals surface area contributed by atoms with Crippen molar-refractivity contribution < 1.29 is 22.7 Å². The predicted octanol–water partition coefficient (Wildman–Crippen LogP) is 3.68. The molecule has 1 nitrogen and oxygen atoms in total. The second kappa shape index (κ2) is 4.77. The summed E-state index contributed by atoms with van der Waals surface area (Å²) in [5, 5.41) is 9.32. The van der Waals surface area contributed by atoms with E-state index in [9.17, 15) is 22.7 Å². The lowest BCUT2D eigenvalue weighted by Crippen LogP contribution is -2.17. The third-order valence-electron chi connectivity index (χ3n) is 1.89. The van der Waals surface area contributed by atoms with E-state index in [0.717, 1.165) is 12.1 Å². The van der Waals surface area contributed by atoms with Crippen molar-refractivity contribution >= 4 is 23.2 Å². The molecule has 0 aliphatic rings. The second-order valence-electron chi connectivity index (χ2n) is 2.98. The van der Waals surface area contributed by atoms with Crippen molar-refractivity contribution in [2.45, 2.75) is 17.1 Å². The highest BCUT2D eigenvalue weighted by molar-refractivity contribution is 6.44. The largest absolute Gasteiger partial charge is 0.416 e. The molecule has 0 bridgehead atoms. The highest BCUT2D eigenvalue weighted by Gasteiger charge is 2.37. The van der Waals surface area contributed by atoms with Gasteiger partial charge in [-0.25, -0.2) is 4.39 Å². The van der Waals surface area contributed by atoms with Crippen LogP contribution in [0.5, 0.6) is 0 Å². The number of aliphatic hydroxyl groups is 1. The Kier molecular flexibility index (Phi) is 4.04. The van der Waals surface area contributed by atoms with E-state index in [4.69, 9.17) is 23.2 Å². The minimum Gasteiger partial charge on any atom is -0.385 e. The normalized spacial score (nSPS) is 14.2. The number of hydrogen-bond donors (Lipinski definition) is 1. The van der Waals surface area contributed by atoms with Crippen LogP contribution in [0.1, 0.15) is 17.2 Å². The van der Waals surface area contributed by atoms with Crippen molar-refractivity contribution in [3.8, 4) is 0 Å². The van der Waals surface area contributed by atoms with Gasteiger partial charge in [0.25, 0.3) is 0 Å². The van der Waals surface area contributed by atoms with Gasteiger partial charge in [-0.1, -0.05) is 6.07 Å². The Bertz CT molecular complexity index is 378. The van der Waals surface area contributed by atoms with Crippen LogP contribution in [0, 0.1) is 5.82 Å². The molecule has 0 aliphatic carbocycles. The van der Waals surface area contributed by atoms with Crippen LogP contribution >= 0.6 is 23.2 Å². The van der Waals surface area contributed by atoms with Gasteiger partial charge >= 0.3 is 6.18 Å². The Morgan fingerprint density at radius 2 is 1.75 bits per heavy atom. The molecule has 0 aromatic heterocycles. The van der Waals surface area contributed by atoms with Crippen molar-refractivity contribution in [1.29, 1.82) is 0 Å². The van der Waals surface area contributed by atoms with E-state index in [-0.39, 0.29) is 0 Å². The minimum atomic E-state index is -4.78. The fraction of sp³-hybridized carbons (Fsp3) is 0.333. The first kappa shape index (κ1) is 13.5. The van der Waals surface area contributed by atoms with Crippen LogP contribution in [-0.2, 0) is 6.18 Å². The molecule has 1 rings (SSSR count). The molecule has 0 heterocycles. The Hall–Kier alpha value is -0.520. The predicted molar refractivity (Wildman–Crippen MR) is 51.9 cm³/mol. The number of aliphatic hydroxyl groups excluding tert-OH is 1. The number of benzene rings is 1. The first-order valence-corrected chi connectivity index (χ1v) is 4.94. The smallest absolute Gasteiger partial charge is 0.385 e. The maximum Gasteiger partial charge on any atom is 0.416 e. The molecule has 0 fully saturated rings. The molecule has 0 spiro atoms. The van der Waals surface area contributed by atoms with Gasteiger partial charge in [-0.05, 0) is 12.1 Å². The van der Waals surface area contributed by atoms with Gasteiger partial charge in [-0.3, -0.25) is 0 Å². The SMILES string of the molecule is OC(c1c(F)cccc1C(F)(F)F)C(Cl)Cl. The summed E-state index contributed by atoms with van der Waals surface area (Å²) < 4.78 is 50.7. The van der Waals surface area contributed by atoms with Gasteiger partial charge in [0.1, 0.15) is 16.8 Å². The summed E-state index contributed by atoms with van der Waals surface area (Å²) in [4.78, 5) is -1.54. The van der Waals surface area contributed by atoms with Crippen LogP contribution < -0.4 is 0 Å². The first-order valence-electron chi connectivity index (χ1n) is 4.07. The van der Waals surface area contributed by atoms with Gasteiger partial charge in [0.05, 0.1) is 5.56 Å². The van der Waals surface area contributed by atoms with Gasteiger partial charge in [0, 0.05) is 5.56 Å². The lowest BCUT2D eigenvalue weighted by atomic mass is 10.0. The highest BCUT2D eigenvalue weighted by Crippen LogP contribution is 2.38. The van der Waals surface area contributed by atoms with E-state index in [1.807, 2.05) is 0 Å². The van der Waals surface area contributed by atoms with Crippen LogP contribution in [0.15, 0.2) is 18.2 Å². The van der Waals surface area contributed by atoms with Crippen LogP contribution in [0.2, 0.25) is 0 Å². The number of alkyl halides is 5. The Balaban J connectivity index is 3.35. The Morgan fingerprint density at radius 3 is 2.19 bits per heavy atom. The van der Waals surface area contributed by atoms with E-state index in [1.165, 1.54) is 0 Å². The van der Waals surface area contributed by atoms with Crippen molar-refractivity contribution in [1.82, 2.24) is 0 Å². The zero-order chi connectivity index (χ0) is 12.5. The fourth-order valence-corrected chi connectivity index (χ4v) is 1.46. The summed E-state index contributed by atoms with van der Waals surface area (Å²) in [6.07, 6.45) is -6.71. The average molecular weight is 277 g/mol. The Labute approximate surface area is 98.6 Å². The van der Waals surface area contributed by atoms with Crippen LogP contribution in [0.3, 0.4) is 0 Å². The quantitative estimate of drug-likeness (QED) is 0.645. The van der Waals surface area contributed by atoms with Gasteiger partial charge in [-0.15, -0.1) is 23.2 Å². The third-order valence-corrected chi connectivity index (χ3v) is 2.37. The summed E-state index contributed by atoms with van der Waals surface area (Å²) >= 11 is 10.5. The summed E-state index contributed by atoms with van der Waals surface area (Å²) in [6.45, 7) is 0. The summed E-state index contributed by atoms with van der Waals surface area (Å²) in [5.41, 5.74) is -2.23. The molecular formula is C9H6Cl2F4O. The molecule has 1 N–H and O–H groups in total. The molecule has 0 saturated carbocycles. The van der Waals surface area contributed by atoms with Gasteiger partial charge in [0.2, 0.25) is 0 Å². The van der Waals surface area contributed by atoms with Crippen molar-refractivity contribution in [2.24, 2.45) is 0 Å². The molecule has 0 saturated heterocycles. The van der Waals surface area contributed by atoms with Crippen LogP contribution in [0.4, 0.5) is 17.6 Å². The summed E-state index contributed by atoms with van der Waals surface area (Å²) in [7, 11) is 0. The zero-order valence-corrected chi connectivity index (χ0v) is 9.11. The number of hydrogen-bond acceptors (Lipinski definition) is 1. The van der Waals surface area contributed by atoms with E-state index in [1.54, 1.807) is 0 Å². The number of rotatable bonds is 2. The topological polar surface area (TPSA) is 20.2 Å². The second-order valence-corrected chi connectivity index (χ2v) is 4.14. The van der Waals surface area contributed by atoms with Crippen molar-refractivity contribution in [3.63, 3.8) is 0 Å². The van der Waals surface area contributed by atoms with Crippen molar-refractivity contribution in [3.05, 3.63) is 35.1 Å². The molecule has 90 valence electrons. The zero-order valence-electron chi connectivity index (χ0n) is 7.60. The summed E-state index contributed by atoms with van der Waals surface area (Å²) in [5.74, 6) is -1.20. The van der Waals surface area contributed by atoms with E-state index in [0.29, 0.717) is 6.07 Å². The molecule has 7 heteroatoms. The monoisotopic (exact) mass is 276 g/mol. The first-order chi connectivity index (χ1) is 7.25. The third kappa shape index (κ3) is 2.78. The lowest BCUT2D eigenvalue weighted by molar-refractivity contribution is -0.139. The molecule has 16 heavy (non-hydrogen) atoms. The van der Waals surface area contributed by atoms with Gasteiger partial charge in [-0.2, -0.15) is 13.2 Å². The van der Waals surface area contributed by atoms with Crippen molar-refractivity contribution in [2.75, 3.05) is 0 Å². The maximum atomic E-state index is 13.2. The molecule has 1 atom stereocenters. The van der Waals surface area contributed by atoms with E-state index >= 15 is 0 Å². The molecule has 1 unspecified atom stereocenters. The molecular weight excluding hydrogens is 271 g/mol. The molecule has 0 aliphatic heterocycles. The number of halogens is 6. The molecule has 0 radical (unpaired) electrons. The lowest BCUT2D eigenvalue weighted by Gasteiger charge is -2.18. The van der Waals surface area contributed by atoms with Gasteiger partial charge in [0.15, 0.2) is 0 Å². The highest BCUT2D eigenvalue weighted by atomic mass is 35.5. The van der Waals surface area contributed by atoms with Gasteiger partial charge < -0.3 is 5.11 Å².